The zero-order valence-corrected chi connectivity index (χ0v) is 20.9. The minimum Gasteiger partial charge on any atom is -0.393 e. The smallest absolute Gasteiger partial charge is 0.0840 e. The van der Waals surface area contributed by atoms with E-state index in [4.69, 9.17) is 4.74 Å². The summed E-state index contributed by atoms with van der Waals surface area (Å²) in [6.07, 6.45) is 16.1. The minimum absolute atomic E-state index is 0.0860. The highest BCUT2D eigenvalue weighted by molar-refractivity contribution is 5.25. The second kappa shape index (κ2) is 8.15. The highest BCUT2D eigenvalue weighted by Crippen LogP contribution is 2.67. The predicted molar refractivity (Wildman–Crippen MR) is 128 cm³/mol. The lowest BCUT2D eigenvalue weighted by Gasteiger charge is -2.58. The van der Waals surface area contributed by atoms with Crippen LogP contribution in [0.15, 0.2) is 11.6 Å². The van der Waals surface area contributed by atoms with E-state index in [2.05, 4.69) is 40.7 Å². The van der Waals surface area contributed by atoms with E-state index < -0.39 is 0 Å². The number of hydrogen-bond acceptors (Lipinski definition) is 2. The van der Waals surface area contributed by atoms with Crippen LogP contribution in [0.5, 0.6) is 0 Å². The van der Waals surface area contributed by atoms with Gasteiger partial charge >= 0.3 is 0 Å². The van der Waals surface area contributed by atoms with Crippen LogP contribution < -0.4 is 0 Å². The van der Waals surface area contributed by atoms with Gasteiger partial charge in [0.25, 0.3) is 0 Å². The summed E-state index contributed by atoms with van der Waals surface area (Å²) in [5.41, 5.74) is 2.54. The molecule has 4 fully saturated rings. The van der Waals surface area contributed by atoms with Gasteiger partial charge in [0.1, 0.15) is 0 Å². The molecule has 31 heavy (non-hydrogen) atoms. The number of rotatable bonds is 6. The Morgan fingerprint density at radius 2 is 1.81 bits per heavy atom. The maximum Gasteiger partial charge on any atom is 0.0840 e. The van der Waals surface area contributed by atoms with Crippen LogP contribution in [-0.2, 0) is 4.74 Å². The van der Waals surface area contributed by atoms with Gasteiger partial charge in [-0.15, -0.1) is 0 Å². The quantitative estimate of drug-likeness (QED) is 0.364. The molecule has 1 aliphatic heterocycles. The Kier molecular flexibility index (Phi) is 5.91. The van der Waals surface area contributed by atoms with Crippen LogP contribution in [0.25, 0.3) is 0 Å². The Morgan fingerprint density at radius 1 is 1.03 bits per heavy atom. The van der Waals surface area contributed by atoms with Gasteiger partial charge in [0, 0.05) is 0 Å². The molecule has 2 heteroatoms. The fraction of sp³-hybridized carbons (Fsp3) is 0.931. The van der Waals surface area contributed by atoms with Gasteiger partial charge in [0.15, 0.2) is 0 Å². The number of aliphatic hydroxyl groups is 1. The predicted octanol–water partition coefficient (Wildman–Crippen LogP) is 7.01. The molecular weight excluding hydrogens is 380 g/mol. The lowest BCUT2D eigenvalue weighted by molar-refractivity contribution is -0.0575. The third-order valence-electron chi connectivity index (χ3n) is 11.5. The van der Waals surface area contributed by atoms with Gasteiger partial charge in [-0.05, 0) is 110 Å². The molecule has 0 spiro atoms. The molecule has 0 aromatic carbocycles. The Balaban J connectivity index is 1.28. The van der Waals surface area contributed by atoms with Crippen molar-refractivity contribution in [2.24, 2.45) is 52.3 Å². The molecule has 1 heterocycles. The van der Waals surface area contributed by atoms with E-state index in [1.807, 2.05) is 0 Å². The topological polar surface area (TPSA) is 32.8 Å². The second-order valence-electron chi connectivity index (χ2n) is 13.2. The van der Waals surface area contributed by atoms with Crippen LogP contribution in [0.2, 0.25) is 0 Å². The minimum atomic E-state index is -0.0860. The fourth-order valence-electron chi connectivity index (χ4n) is 9.52. The first-order valence-corrected chi connectivity index (χ1v) is 13.7. The summed E-state index contributed by atoms with van der Waals surface area (Å²) < 4.78 is 5.69. The third-order valence-corrected chi connectivity index (χ3v) is 11.5. The van der Waals surface area contributed by atoms with E-state index in [0.717, 1.165) is 60.9 Å². The second-order valence-corrected chi connectivity index (χ2v) is 13.2. The third kappa shape index (κ3) is 3.76. The van der Waals surface area contributed by atoms with E-state index in [9.17, 15) is 5.11 Å². The molecule has 2 nitrogen and oxygen atoms in total. The molecule has 0 aromatic heterocycles. The van der Waals surface area contributed by atoms with Crippen molar-refractivity contribution < 1.29 is 9.84 Å². The molecule has 0 amide bonds. The summed E-state index contributed by atoms with van der Waals surface area (Å²) in [6, 6.07) is 0. The van der Waals surface area contributed by atoms with Gasteiger partial charge in [0.05, 0.1) is 18.8 Å². The fourth-order valence-corrected chi connectivity index (χ4v) is 9.52. The summed E-state index contributed by atoms with van der Waals surface area (Å²) in [5, 5.41) is 10.3. The van der Waals surface area contributed by atoms with E-state index in [1.165, 1.54) is 51.4 Å². The molecule has 10 atom stereocenters. The number of epoxide rings is 1. The van der Waals surface area contributed by atoms with Gasteiger partial charge in [-0.3, -0.25) is 0 Å². The highest BCUT2D eigenvalue weighted by atomic mass is 16.6. The summed E-state index contributed by atoms with van der Waals surface area (Å²) in [4.78, 5) is 0. The summed E-state index contributed by atoms with van der Waals surface area (Å²) in [6.45, 7) is 13.6. The molecule has 0 radical (unpaired) electrons. The molecule has 176 valence electrons. The summed E-state index contributed by atoms with van der Waals surface area (Å²) >= 11 is 0. The van der Waals surface area contributed by atoms with Crippen LogP contribution in [0.4, 0.5) is 0 Å². The molecule has 0 bridgehead atoms. The monoisotopic (exact) mass is 428 g/mol. The van der Waals surface area contributed by atoms with Crippen molar-refractivity contribution in [3.05, 3.63) is 11.6 Å². The van der Waals surface area contributed by atoms with Crippen LogP contribution >= 0.6 is 0 Å². The zero-order valence-electron chi connectivity index (χ0n) is 20.9. The van der Waals surface area contributed by atoms with Crippen molar-refractivity contribution in [3.8, 4) is 0 Å². The Morgan fingerprint density at radius 3 is 2.52 bits per heavy atom. The van der Waals surface area contributed by atoms with E-state index in [0.29, 0.717) is 16.9 Å². The van der Waals surface area contributed by atoms with E-state index in [1.54, 1.807) is 5.57 Å². The zero-order chi connectivity index (χ0) is 22.0. The largest absolute Gasteiger partial charge is 0.393 e. The normalized spacial score (nSPS) is 48.4. The maximum atomic E-state index is 10.3. The summed E-state index contributed by atoms with van der Waals surface area (Å²) in [5.74, 6) is 5.96. The maximum absolute atomic E-state index is 10.3. The summed E-state index contributed by atoms with van der Waals surface area (Å²) in [7, 11) is 0. The SMILES string of the molecule is CC(C)[C@H](CC[C@@H](C)[C@H]1CCC2C3CC=C4C[C@@H](O)CC[C@]4(C)C3CC[C@@]21C)[C@H]1CO1. The lowest BCUT2D eigenvalue weighted by Crippen LogP contribution is -2.50. The van der Waals surface area contributed by atoms with Crippen LogP contribution in [-0.4, -0.2) is 23.9 Å². The van der Waals surface area contributed by atoms with Crippen molar-refractivity contribution >= 4 is 0 Å². The van der Waals surface area contributed by atoms with Gasteiger partial charge in [-0.25, -0.2) is 0 Å². The molecule has 5 aliphatic rings. The molecule has 3 unspecified atom stereocenters. The molecule has 4 aliphatic carbocycles. The van der Waals surface area contributed by atoms with Crippen molar-refractivity contribution in [1.82, 2.24) is 0 Å². The van der Waals surface area contributed by atoms with Gasteiger partial charge in [0.2, 0.25) is 0 Å². The molecule has 0 aromatic rings. The Bertz CT molecular complexity index is 691. The first-order valence-electron chi connectivity index (χ1n) is 13.7. The Hall–Kier alpha value is -0.340. The lowest BCUT2D eigenvalue weighted by atomic mass is 9.47. The van der Waals surface area contributed by atoms with Crippen molar-refractivity contribution in [3.63, 3.8) is 0 Å². The number of hydrogen-bond donors (Lipinski definition) is 1. The Labute approximate surface area is 191 Å². The molecule has 1 N–H and O–H groups in total. The number of aliphatic hydroxyl groups excluding tert-OH is 1. The molecule has 3 saturated carbocycles. The van der Waals surface area contributed by atoms with Gasteiger partial charge < -0.3 is 9.84 Å². The first-order chi connectivity index (χ1) is 14.7. The van der Waals surface area contributed by atoms with Crippen LogP contribution in [0.1, 0.15) is 98.8 Å². The standard InChI is InChI=1S/C29H48O2/c1-18(2)22(27-17-31-27)8-6-19(3)24-10-11-25-23-9-7-20-16-21(30)12-14-28(20,4)26(23)13-15-29(24,25)5/h7,18-19,21-27,30H,6,8-17H2,1-5H3/t19-,21+,22+,23?,24-,25?,26?,27-,28+,29-/m1/s1. The average Bonchev–Trinajstić information content (AvgIpc) is 3.48. The molecule has 1 saturated heterocycles. The van der Waals surface area contributed by atoms with Crippen molar-refractivity contribution in [1.29, 1.82) is 0 Å². The molecular formula is C29H48O2. The van der Waals surface area contributed by atoms with Gasteiger partial charge in [-0.2, -0.15) is 0 Å². The highest BCUT2D eigenvalue weighted by Gasteiger charge is 2.59. The number of fused-ring (bicyclic) bond motifs is 5. The number of allylic oxidation sites excluding steroid dienone is 1. The van der Waals surface area contributed by atoms with Gasteiger partial charge in [-0.1, -0.05) is 52.7 Å². The average molecular weight is 429 g/mol. The molecule has 5 rings (SSSR count). The van der Waals surface area contributed by atoms with Crippen LogP contribution in [0.3, 0.4) is 0 Å². The number of ether oxygens (including phenoxy) is 1. The van der Waals surface area contributed by atoms with Crippen molar-refractivity contribution in [2.75, 3.05) is 6.61 Å². The van der Waals surface area contributed by atoms with Crippen LogP contribution in [0, 0.1) is 52.3 Å². The van der Waals surface area contributed by atoms with Crippen molar-refractivity contribution in [2.45, 2.75) is 111 Å². The first kappa shape index (κ1) is 22.5. The van der Waals surface area contributed by atoms with E-state index >= 15 is 0 Å². The van der Waals surface area contributed by atoms with E-state index in [-0.39, 0.29) is 6.10 Å².